The average molecular weight is 254 g/mol. The Morgan fingerprint density at radius 3 is 2.72 bits per heavy atom. The van der Waals surface area contributed by atoms with Gasteiger partial charge in [-0.25, -0.2) is 8.78 Å². The Hall–Kier alpha value is -1.03. The van der Waals surface area contributed by atoms with Crippen LogP contribution in [0.15, 0.2) is 12.3 Å². The van der Waals surface area contributed by atoms with Crippen molar-refractivity contribution in [1.82, 2.24) is 9.88 Å². The quantitative estimate of drug-likeness (QED) is 0.806. The van der Waals surface area contributed by atoms with Crippen molar-refractivity contribution in [3.8, 4) is 0 Å². The van der Waals surface area contributed by atoms with E-state index in [0.29, 0.717) is 13.1 Å². The zero-order valence-electron chi connectivity index (χ0n) is 11.2. The van der Waals surface area contributed by atoms with Crippen LogP contribution < -0.4 is 0 Å². The van der Waals surface area contributed by atoms with Crippen LogP contribution in [0.5, 0.6) is 0 Å². The van der Waals surface area contributed by atoms with E-state index in [1.54, 1.807) is 4.90 Å². The van der Waals surface area contributed by atoms with Crippen LogP contribution in [0.25, 0.3) is 0 Å². The van der Waals surface area contributed by atoms with E-state index in [0.717, 1.165) is 17.7 Å². The summed E-state index contributed by atoms with van der Waals surface area (Å²) in [6.07, 6.45) is 0.430. The fourth-order valence-corrected chi connectivity index (χ4v) is 2.25. The number of alkyl halides is 2. The van der Waals surface area contributed by atoms with Crippen LogP contribution in [0.1, 0.15) is 37.6 Å². The van der Waals surface area contributed by atoms with Gasteiger partial charge >= 0.3 is 0 Å². The fraction of sp³-hybridized carbons (Fsp3) is 0.643. The Labute approximate surface area is 107 Å². The van der Waals surface area contributed by atoms with Gasteiger partial charge in [-0.1, -0.05) is 26.8 Å². The van der Waals surface area contributed by atoms with Gasteiger partial charge in [-0.05, 0) is 16.5 Å². The molecule has 0 spiro atoms. The van der Waals surface area contributed by atoms with Crippen LogP contribution in [0.3, 0.4) is 0 Å². The van der Waals surface area contributed by atoms with Gasteiger partial charge in [0.05, 0.1) is 6.54 Å². The van der Waals surface area contributed by atoms with Crippen molar-refractivity contribution < 1.29 is 8.78 Å². The topological polar surface area (TPSA) is 16.1 Å². The lowest BCUT2D eigenvalue weighted by Gasteiger charge is -2.29. The maximum absolute atomic E-state index is 12.4. The van der Waals surface area contributed by atoms with Crippen molar-refractivity contribution in [2.75, 3.05) is 13.1 Å². The fourth-order valence-electron chi connectivity index (χ4n) is 2.25. The number of hydrogen-bond donors (Lipinski definition) is 0. The molecule has 2 heterocycles. The SMILES string of the molecule is CC(C)(C)c1cnc2c(c1)CN(CC(F)F)CC2. The van der Waals surface area contributed by atoms with Crippen LogP contribution in [0.2, 0.25) is 0 Å². The van der Waals surface area contributed by atoms with E-state index in [2.05, 4.69) is 31.8 Å². The number of hydrogen-bond acceptors (Lipinski definition) is 2. The van der Waals surface area contributed by atoms with Crippen LogP contribution in [0.4, 0.5) is 8.78 Å². The van der Waals surface area contributed by atoms with Crippen molar-refractivity contribution >= 4 is 0 Å². The molecule has 0 aliphatic carbocycles. The summed E-state index contributed by atoms with van der Waals surface area (Å²) < 4.78 is 24.8. The van der Waals surface area contributed by atoms with Gasteiger partial charge in [-0.2, -0.15) is 0 Å². The summed E-state index contributed by atoms with van der Waals surface area (Å²) in [4.78, 5) is 6.29. The van der Waals surface area contributed by atoms with Crippen LogP contribution in [-0.4, -0.2) is 29.4 Å². The smallest absolute Gasteiger partial charge is 0.251 e. The number of pyridine rings is 1. The molecule has 1 aromatic rings. The van der Waals surface area contributed by atoms with Gasteiger partial charge in [-0.15, -0.1) is 0 Å². The molecular weight excluding hydrogens is 234 g/mol. The number of nitrogens with zero attached hydrogens (tertiary/aromatic N) is 2. The first kappa shape index (κ1) is 13.4. The normalized spacial score (nSPS) is 17.0. The van der Waals surface area contributed by atoms with Gasteiger partial charge in [0.25, 0.3) is 6.43 Å². The monoisotopic (exact) mass is 254 g/mol. The van der Waals surface area contributed by atoms with Gasteiger partial charge in [0.1, 0.15) is 0 Å². The van der Waals surface area contributed by atoms with E-state index in [9.17, 15) is 8.78 Å². The maximum atomic E-state index is 12.4. The minimum Gasteiger partial charge on any atom is -0.293 e. The standard InChI is InChI=1S/C14H20F2N2/c1-14(2,3)11-6-10-8-18(9-13(15)16)5-4-12(10)17-7-11/h6-7,13H,4-5,8-9H2,1-3H3. The molecule has 2 rings (SSSR count). The molecule has 0 saturated heterocycles. The lowest BCUT2D eigenvalue weighted by molar-refractivity contribution is 0.0816. The molecule has 0 unspecified atom stereocenters. The largest absolute Gasteiger partial charge is 0.293 e. The second-order valence-corrected chi connectivity index (χ2v) is 5.96. The molecular formula is C14H20F2N2. The molecule has 18 heavy (non-hydrogen) atoms. The van der Waals surface area contributed by atoms with Gasteiger partial charge in [0.2, 0.25) is 0 Å². The summed E-state index contributed by atoms with van der Waals surface area (Å²) in [5, 5.41) is 0. The molecule has 0 fully saturated rings. The van der Waals surface area contributed by atoms with Gasteiger partial charge in [0.15, 0.2) is 0 Å². The zero-order chi connectivity index (χ0) is 13.3. The zero-order valence-corrected chi connectivity index (χ0v) is 11.2. The summed E-state index contributed by atoms with van der Waals surface area (Å²) >= 11 is 0. The molecule has 2 nitrogen and oxygen atoms in total. The van der Waals surface area contributed by atoms with Gasteiger partial charge in [-0.3, -0.25) is 9.88 Å². The van der Waals surface area contributed by atoms with E-state index >= 15 is 0 Å². The first-order valence-electron chi connectivity index (χ1n) is 6.35. The Bertz CT molecular complexity index is 424. The maximum Gasteiger partial charge on any atom is 0.251 e. The molecule has 0 saturated carbocycles. The second-order valence-electron chi connectivity index (χ2n) is 5.96. The minimum atomic E-state index is -2.26. The van der Waals surface area contributed by atoms with Crippen LogP contribution in [-0.2, 0) is 18.4 Å². The minimum absolute atomic E-state index is 0.0486. The van der Waals surface area contributed by atoms with Gasteiger partial charge in [0, 0.05) is 31.4 Å². The van der Waals surface area contributed by atoms with Crippen molar-refractivity contribution in [2.45, 2.75) is 45.6 Å². The Morgan fingerprint density at radius 1 is 1.39 bits per heavy atom. The summed E-state index contributed by atoms with van der Waals surface area (Å²) in [5.41, 5.74) is 3.38. The highest BCUT2D eigenvalue weighted by molar-refractivity contribution is 5.30. The lowest BCUT2D eigenvalue weighted by Crippen LogP contribution is -2.35. The molecule has 0 N–H and O–H groups in total. The first-order chi connectivity index (χ1) is 8.36. The molecule has 1 aliphatic heterocycles. The van der Waals surface area contributed by atoms with Gasteiger partial charge < -0.3 is 0 Å². The Kier molecular flexibility index (Phi) is 3.66. The Morgan fingerprint density at radius 2 is 2.11 bits per heavy atom. The van der Waals surface area contributed by atoms with E-state index < -0.39 is 6.43 Å². The van der Waals surface area contributed by atoms with Crippen molar-refractivity contribution in [2.24, 2.45) is 0 Å². The number of halogens is 2. The summed E-state index contributed by atoms with van der Waals surface area (Å²) in [6.45, 7) is 7.54. The van der Waals surface area contributed by atoms with E-state index in [4.69, 9.17) is 0 Å². The summed E-state index contributed by atoms with van der Waals surface area (Å²) in [6, 6.07) is 2.12. The third kappa shape index (κ3) is 3.05. The molecule has 0 radical (unpaired) electrons. The highest BCUT2D eigenvalue weighted by Gasteiger charge is 2.22. The van der Waals surface area contributed by atoms with E-state index in [-0.39, 0.29) is 12.0 Å². The van der Waals surface area contributed by atoms with Crippen molar-refractivity contribution in [3.05, 3.63) is 29.1 Å². The highest BCUT2D eigenvalue weighted by Crippen LogP contribution is 2.26. The molecule has 0 atom stereocenters. The molecule has 1 aliphatic rings. The molecule has 0 aromatic carbocycles. The highest BCUT2D eigenvalue weighted by atomic mass is 19.3. The lowest BCUT2D eigenvalue weighted by atomic mass is 9.86. The number of fused-ring (bicyclic) bond motifs is 1. The van der Waals surface area contributed by atoms with E-state index in [1.165, 1.54) is 5.56 Å². The Balaban J connectivity index is 2.19. The summed E-state index contributed by atoms with van der Waals surface area (Å²) in [5.74, 6) is 0. The van der Waals surface area contributed by atoms with E-state index in [1.807, 2.05) is 6.20 Å². The average Bonchev–Trinajstić information content (AvgIpc) is 2.26. The third-order valence-corrected chi connectivity index (χ3v) is 3.38. The summed E-state index contributed by atoms with van der Waals surface area (Å²) in [7, 11) is 0. The molecule has 0 bridgehead atoms. The molecule has 1 aromatic heterocycles. The first-order valence-corrected chi connectivity index (χ1v) is 6.35. The number of aromatic nitrogens is 1. The van der Waals surface area contributed by atoms with Crippen molar-refractivity contribution in [1.29, 1.82) is 0 Å². The van der Waals surface area contributed by atoms with Crippen molar-refractivity contribution in [3.63, 3.8) is 0 Å². The predicted octanol–water partition coefficient (Wildman–Crippen LogP) is 3.00. The second kappa shape index (κ2) is 4.92. The molecule has 4 heteroatoms. The van der Waals surface area contributed by atoms with Crippen LogP contribution in [0, 0.1) is 0 Å². The predicted molar refractivity (Wildman–Crippen MR) is 67.9 cm³/mol. The number of rotatable bonds is 2. The molecule has 0 amide bonds. The molecule has 100 valence electrons. The van der Waals surface area contributed by atoms with Crippen LogP contribution >= 0.6 is 0 Å². The third-order valence-electron chi connectivity index (χ3n) is 3.38.